The molecule has 0 aliphatic carbocycles. The lowest BCUT2D eigenvalue weighted by Crippen LogP contribution is -2.04. The Labute approximate surface area is 136 Å². The van der Waals surface area contributed by atoms with Crippen molar-refractivity contribution < 1.29 is 9.90 Å². The van der Waals surface area contributed by atoms with Crippen molar-refractivity contribution >= 4 is 11.5 Å². The van der Waals surface area contributed by atoms with Gasteiger partial charge in [0.15, 0.2) is 5.78 Å². The van der Waals surface area contributed by atoms with E-state index in [4.69, 9.17) is 5.11 Å². The van der Waals surface area contributed by atoms with Gasteiger partial charge in [-0.3, -0.25) is 4.79 Å². The third-order valence-corrected chi connectivity index (χ3v) is 3.09. The molecule has 0 aromatic heterocycles. The minimum Gasteiger partial charge on any atom is -0.395 e. The highest BCUT2D eigenvalue weighted by Gasteiger charge is 1.96. The highest BCUT2D eigenvalue weighted by molar-refractivity contribution is 5.94. The third kappa shape index (κ3) is 5.36. The monoisotopic (exact) mass is 303 g/mol. The summed E-state index contributed by atoms with van der Waals surface area (Å²) in [6.07, 6.45) is 0. The number of hydrogen-bond acceptors (Lipinski definition) is 3. The molecule has 0 saturated heterocycles. The van der Waals surface area contributed by atoms with E-state index in [2.05, 4.69) is 29.0 Å². The quantitative estimate of drug-likeness (QED) is 0.674. The first-order valence-electron chi connectivity index (χ1n) is 7.27. The largest absolute Gasteiger partial charge is 0.395 e. The first-order valence-corrected chi connectivity index (χ1v) is 7.27. The van der Waals surface area contributed by atoms with Crippen LogP contribution in [-0.2, 0) is 0 Å². The summed E-state index contributed by atoms with van der Waals surface area (Å²) in [5, 5.41) is 11.8. The zero-order valence-electron chi connectivity index (χ0n) is 12.9. The van der Waals surface area contributed by atoms with E-state index in [1.807, 2.05) is 36.4 Å². The molecule has 114 valence electrons. The molecular formula is C20H17NO2. The molecule has 2 aromatic rings. The van der Waals surface area contributed by atoms with Gasteiger partial charge in [-0.05, 0) is 55.2 Å². The summed E-state index contributed by atoms with van der Waals surface area (Å²) in [5.41, 5.74) is 3.33. The molecule has 0 bridgehead atoms. The van der Waals surface area contributed by atoms with Gasteiger partial charge in [0.05, 0.1) is 6.61 Å². The summed E-state index contributed by atoms with van der Waals surface area (Å²) < 4.78 is 0. The van der Waals surface area contributed by atoms with Crippen molar-refractivity contribution in [3.8, 4) is 23.7 Å². The van der Waals surface area contributed by atoms with Crippen molar-refractivity contribution in [1.29, 1.82) is 0 Å². The average molecular weight is 303 g/mol. The van der Waals surface area contributed by atoms with E-state index >= 15 is 0 Å². The molecule has 0 aliphatic rings. The standard InChI is InChI=1S/C20H17NO2/c1-16(23)19-10-6-17(7-11-19)4-2-3-5-18-8-12-20(13-9-18)21-14-15-22/h6-13,21-22H,14-15H2,1H3. The lowest BCUT2D eigenvalue weighted by atomic mass is 10.1. The molecule has 0 spiro atoms. The van der Waals surface area contributed by atoms with E-state index in [9.17, 15) is 4.79 Å². The summed E-state index contributed by atoms with van der Waals surface area (Å²) in [5.74, 6) is 11.6. The van der Waals surface area contributed by atoms with Crippen molar-refractivity contribution in [3.05, 3.63) is 65.2 Å². The SMILES string of the molecule is CC(=O)c1ccc(C#CC#Cc2ccc(NCCO)cc2)cc1. The first-order chi connectivity index (χ1) is 11.2. The second-order valence-electron chi connectivity index (χ2n) is 4.86. The van der Waals surface area contributed by atoms with Crippen molar-refractivity contribution in [3.63, 3.8) is 0 Å². The van der Waals surface area contributed by atoms with Crippen LogP contribution in [-0.4, -0.2) is 24.0 Å². The van der Waals surface area contributed by atoms with E-state index in [0.717, 1.165) is 16.8 Å². The lowest BCUT2D eigenvalue weighted by Gasteiger charge is -2.02. The molecule has 2 aromatic carbocycles. The molecule has 0 heterocycles. The Balaban J connectivity index is 1.99. The van der Waals surface area contributed by atoms with Crippen molar-refractivity contribution in [2.75, 3.05) is 18.5 Å². The van der Waals surface area contributed by atoms with Gasteiger partial charge < -0.3 is 10.4 Å². The van der Waals surface area contributed by atoms with Crippen molar-refractivity contribution in [2.45, 2.75) is 6.92 Å². The summed E-state index contributed by atoms with van der Waals surface area (Å²) in [4.78, 5) is 11.2. The number of Topliss-reactive ketones (excluding diaryl/α,β-unsaturated/α-hetero) is 1. The van der Waals surface area contributed by atoms with Gasteiger partial charge >= 0.3 is 0 Å². The second kappa shape index (κ2) is 8.44. The highest BCUT2D eigenvalue weighted by Crippen LogP contribution is 2.08. The Morgan fingerprint density at radius 3 is 1.96 bits per heavy atom. The number of hydrogen-bond donors (Lipinski definition) is 2. The molecule has 0 fully saturated rings. The number of aliphatic hydroxyl groups excluding tert-OH is 1. The van der Waals surface area contributed by atoms with E-state index in [1.165, 1.54) is 6.92 Å². The lowest BCUT2D eigenvalue weighted by molar-refractivity contribution is 0.101. The van der Waals surface area contributed by atoms with Gasteiger partial charge in [0.2, 0.25) is 0 Å². The van der Waals surface area contributed by atoms with Crippen LogP contribution in [0.15, 0.2) is 48.5 Å². The minimum absolute atomic E-state index is 0.0428. The predicted octanol–water partition coefficient (Wildman–Crippen LogP) is 2.70. The molecule has 0 saturated carbocycles. The molecule has 2 N–H and O–H groups in total. The van der Waals surface area contributed by atoms with Crippen molar-refractivity contribution in [2.24, 2.45) is 0 Å². The zero-order valence-corrected chi connectivity index (χ0v) is 12.9. The number of anilines is 1. The number of rotatable bonds is 4. The van der Waals surface area contributed by atoms with Gasteiger partial charge in [-0.25, -0.2) is 0 Å². The second-order valence-corrected chi connectivity index (χ2v) is 4.86. The van der Waals surface area contributed by atoms with Gasteiger partial charge in [-0.1, -0.05) is 24.0 Å². The van der Waals surface area contributed by atoms with Crippen LogP contribution in [0, 0.1) is 23.7 Å². The maximum absolute atomic E-state index is 11.2. The number of benzene rings is 2. The van der Waals surface area contributed by atoms with Gasteiger partial charge in [-0.2, -0.15) is 0 Å². The predicted molar refractivity (Wildman–Crippen MR) is 92.2 cm³/mol. The van der Waals surface area contributed by atoms with Gasteiger partial charge in [-0.15, -0.1) is 0 Å². The van der Waals surface area contributed by atoms with Crippen LogP contribution in [0.25, 0.3) is 0 Å². The van der Waals surface area contributed by atoms with E-state index in [-0.39, 0.29) is 12.4 Å². The van der Waals surface area contributed by atoms with Crippen LogP contribution in [0.1, 0.15) is 28.4 Å². The molecule has 0 radical (unpaired) electrons. The number of carbonyl (C=O) groups is 1. The highest BCUT2D eigenvalue weighted by atomic mass is 16.3. The van der Waals surface area contributed by atoms with Crippen LogP contribution in [0.3, 0.4) is 0 Å². The van der Waals surface area contributed by atoms with E-state index < -0.39 is 0 Å². The maximum atomic E-state index is 11.2. The Kier molecular flexibility index (Phi) is 6.00. The Morgan fingerprint density at radius 2 is 1.48 bits per heavy atom. The van der Waals surface area contributed by atoms with Crippen LogP contribution in [0.2, 0.25) is 0 Å². The molecule has 3 nitrogen and oxygen atoms in total. The normalized spacial score (nSPS) is 9.13. The Hall–Kier alpha value is -3.01. The summed E-state index contributed by atoms with van der Waals surface area (Å²) in [7, 11) is 0. The number of aliphatic hydroxyl groups is 1. The van der Waals surface area contributed by atoms with Crippen molar-refractivity contribution in [1.82, 2.24) is 0 Å². The summed E-state index contributed by atoms with van der Waals surface area (Å²) in [6, 6.07) is 14.8. The maximum Gasteiger partial charge on any atom is 0.159 e. The van der Waals surface area contributed by atoms with Crippen LogP contribution < -0.4 is 5.32 Å². The fourth-order valence-corrected chi connectivity index (χ4v) is 1.87. The van der Waals surface area contributed by atoms with Gasteiger partial charge in [0, 0.05) is 28.9 Å². The molecule has 0 amide bonds. The molecule has 23 heavy (non-hydrogen) atoms. The molecule has 0 aliphatic heterocycles. The van der Waals surface area contributed by atoms with Gasteiger partial charge in [0.25, 0.3) is 0 Å². The van der Waals surface area contributed by atoms with Crippen LogP contribution >= 0.6 is 0 Å². The Bertz CT molecular complexity index is 782. The summed E-state index contributed by atoms with van der Waals surface area (Å²) in [6.45, 7) is 2.17. The smallest absolute Gasteiger partial charge is 0.159 e. The fraction of sp³-hybridized carbons (Fsp3) is 0.150. The molecule has 0 atom stereocenters. The average Bonchev–Trinajstić information content (AvgIpc) is 2.58. The van der Waals surface area contributed by atoms with E-state index in [1.54, 1.807) is 12.1 Å². The summed E-state index contributed by atoms with van der Waals surface area (Å²) >= 11 is 0. The molecule has 0 unspecified atom stereocenters. The number of nitrogens with one attached hydrogen (secondary N) is 1. The fourth-order valence-electron chi connectivity index (χ4n) is 1.87. The zero-order chi connectivity index (χ0) is 16.5. The topological polar surface area (TPSA) is 49.3 Å². The van der Waals surface area contributed by atoms with Crippen LogP contribution in [0.5, 0.6) is 0 Å². The number of ketones is 1. The van der Waals surface area contributed by atoms with Gasteiger partial charge in [0.1, 0.15) is 0 Å². The molecule has 2 rings (SSSR count). The van der Waals surface area contributed by atoms with Crippen LogP contribution in [0.4, 0.5) is 5.69 Å². The molecular weight excluding hydrogens is 286 g/mol. The minimum atomic E-state index is 0.0428. The van der Waals surface area contributed by atoms with E-state index in [0.29, 0.717) is 12.1 Å². The third-order valence-electron chi connectivity index (χ3n) is 3.09. The number of carbonyl (C=O) groups excluding carboxylic acids is 1. The first kappa shape index (κ1) is 16.4. The Morgan fingerprint density at radius 1 is 0.957 bits per heavy atom. The molecule has 3 heteroatoms.